The summed E-state index contributed by atoms with van der Waals surface area (Å²) in [5.41, 5.74) is 1.10. The van der Waals surface area contributed by atoms with Gasteiger partial charge in [-0.05, 0) is 50.4 Å². The minimum Gasteiger partial charge on any atom is -0.376 e. The average Bonchev–Trinajstić information content (AvgIpc) is 3.04. The number of thiophene rings is 1. The molecule has 0 bridgehead atoms. The molecule has 2 aliphatic rings. The Hall–Kier alpha value is -0.910. The van der Waals surface area contributed by atoms with Crippen LogP contribution in [0.2, 0.25) is 0 Å². The van der Waals surface area contributed by atoms with Crippen molar-refractivity contribution in [1.29, 1.82) is 0 Å². The zero-order chi connectivity index (χ0) is 15.0. The Balaban J connectivity index is 1.70. The summed E-state index contributed by atoms with van der Waals surface area (Å²) < 4.78 is 5.98. The Kier molecular flexibility index (Phi) is 4.33. The van der Waals surface area contributed by atoms with Gasteiger partial charge >= 0.3 is 0 Å². The third kappa shape index (κ3) is 3.00. The van der Waals surface area contributed by atoms with Crippen LogP contribution in [0.3, 0.4) is 0 Å². The standard InChI is InChI=1S/C16H24N2O2S/c1-11-5-7-21-15(11)16(19)18-6-4-12-10-20-14(9-17(2)3)13(12)8-18/h5,7,12-14H,4,6,8-10H2,1-3H3/t12-,13-,14+/m0/s1. The van der Waals surface area contributed by atoms with Gasteiger partial charge in [-0.1, -0.05) is 0 Å². The largest absolute Gasteiger partial charge is 0.376 e. The molecule has 0 N–H and O–H groups in total. The Bertz CT molecular complexity index is 514. The number of fused-ring (bicyclic) bond motifs is 1. The molecule has 1 amide bonds. The van der Waals surface area contributed by atoms with E-state index < -0.39 is 0 Å². The maximum atomic E-state index is 12.7. The number of aryl methyl sites for hydroxylation is 1. The van der Waals surface area contributed by atoms with Crippen LogP contribution in [0, 0.1) is 18.8 Å². The quantitative estimate of drug-likeness (QED) is 0.857. The smallest absolute Gasteiger partial charge is 0.264 e. The van der Waals surface area contributed by atoms with Crippen molar-refractivity contribution in [3.8, 4) is 0 Å². The number of nitrogens with zero attached hydrogens (tertiary/aromatic N) is 2. The van der Waals surface area contributed by atoms with E-state index in [4.69, 9.17) is 4.74 Å². The number of amides is 1. The van der Waals surface area contributed by atoms with Crippen molar-refractivity contribution >= 4 is 17.2 Å². The Labute approximate surface area is 130 Å². The molecule has 21 heavy (non-hydrogen) atoms. The van der Waals surface area contributed by atoms with E-state index in [1.807, 2.05) is 23.3 Å². The van der Waals surface area contributed by atoms with Gasteiger partial charge in [0.15, 0.2) is 0 Å². The lowest BCUT2D eigenvalue weighted by molar-refractivity contribution is 0.0474. The molecule has 0 spiro atoms. The van der Waals surface area contributed by atoms with Gasteiger partial charge in [-0.2, -0.15) is 0 Å². The maximum Gasteiger partial charge on any atom is 0.264 e. The monoisotopic (exact) mass is 308 g/mol. The van der Waals surface area contributed by atoms with E-state index in [0.29, 0.717) is 11.8 Å². The predicted molar refractivity (Wildman–Crippen MR) is 84.9 cm³/mol. The number of carbonyl (C=O) groups is 1. The van der Waals surface area contributed by atoms with Gasteiger partial charge in [-0.3, -0.25) is 4.79 Å². The molecule has 0 saturated carbocycles. The number of piperidine rings is 1. The molecule has 1 aromatic rings. The molecule has 5 heteroatoms. The number of carbonyl (C=O) groups excluding carboxylic acids is 1. The van der Waals surface area contributed by atoms with Gasteiger partial charge in [0.1, 0.15) is 0 Å². The molecule has 116 valence electrons. The highest BCUT2D eigenvalue weighted by atomic mass is 32.1. The molecule has 0 aromatic carbocycles. The van der Waals surface area contributed by atoms with Crippen LogP contribution in [0.15, 0.2) is 11.4 Å². The van der Waals surface area contributed by atoms with Crippen molar-refractivity contribution in [1.82, 2.24) is 9.80 Å². The summed E-state index contributed by atoms with van der Waals surface area (Å²) in [7, 11) is 4.16. The summed E-state index contributed by atoms with van der Waals surface area (Å²) in [6, 6.07) is 2.03. The normalized spacial score (nSPS) is 29.0. The lowest BCUT2D eigenvalue weighted by Gasteiger charge is -2.36. The molecule has 3 atom stereocenters. The molecule has 0 aliphatic carbocycles. The number of likely N-dealkylation sites (N-methyl/N-ethyl adjacent to an activating group) is 1. The van der Waals surface area contributed by atoms with Crippen LogP contribution in [0.4, 0.5) is 0 Å². The van der Waals surface area contributed by atoms with Gasteiger partial charge in [0.25, 0.3) is 5.91 Å². The first-order valence-electron chi connectivity index (χ1n) is 7.66. The van der Waals surface area contributed by atoms with E-state index in [1.54, 1.807) is 11.3 Å². The highest BCUT2D eigenvalue weighted by molar-refractivity contribution is 7.12. The SMILES string of the molecule is Cc1ccsc1C(=O)N1CC[C@H]2CO[C@H](CN(C)C)[C@H]2C1. The lowest BCUT2D eigenvalue weighted by atomic mass is 9.84. The molecule has 2 fully saturated rings. The number of hydrogen-bond acceptors (Lipinski definition) is 4. The first-order chi connectivity index (χ1) is 10.1. The second-order valence-corrected chi connectivity index (χ2v) is 7.45. The third-order valence-electron chi connectivity index (χ3n) is 4.70. The second-order valence-electron chi connectivity index (χ2n) is 6.53. The van der Waals surface area contributed by atoms with E-state index in [-0.39, 0.29) is 12.0 Å². The maximum absolute atomic E-state index is 12.7. The summed E-state index contributed by atoms with van der Waals surface area (Å²) in [5, 5.41) is 2.00. The van der Waals surface area contributed by atoms with Crippen LogP contribution in [0.5, 0.6) is 0 Å². The molecule has 0 radical (unpaired) electrons. The van der Waals surface area contributed by atoms with E-state index in [0.717, 1.165) is 43.1 Å². The predicted octanol–water partition coefficient (Wildman–Crippen LogP) is 2.10. The average molecular weight is 308 g/mol. The fourth-order valence-corrected chi connectivity index (χ4v) is 4.39. The zero-order valence-electron chi connectivity index (χ0n) is 13.0. The van der Waals surface area contributed by atoms with Gasteiger partial charge in [0.05, 0.1) is 17.6 Å². The summed E-state index contributed by atoms with van der Waals surface area (Å²) in [4.78, 5) is 17.8. The summed E-state index contributed by atoms with van der Waals surface area (Å²) in [6.45, 7) is 5.54. The fraction of sp³-hybridized carbons (Fsp3) is 0.688. The molecule has 2 aliphatic heterocycles. The van der Waals surface area contributed by atoms with Gasteiger partial charge in [0.2, 0.25) is 0 Å². The third-order valence-corrected chi connectivity index (χ3v) is 5.70. The van der Waals surface area contributed by atoms with Crippen LogP contribution in [0.1, 0.15) is 21.7 Å². The lowest BCUT2D eigenvalue weighted by Crippen LogP contribution is -2.46. The molecule has 1 aromatic heterocycles. The first-order valence-corrected chi connectivity index (χ1v) is 8.54. The molecule has 2 saturated heterocycles. The zero-order valence-corrected chi connectivity index (χ0v) is 13.9. The summed E-state index contributed by atoms with van der Waals surface area (Å²) in [5.74, 6) is 1.32. The van der Waals surface area contributed by atoms with Crippen molar-refractivity contribution in [3.63, 3.8) is 0 Å². The number of likely N-dealkylation sites (tertiary alicyclic amines) is 1. The minimum atomic E-state index is 0.205. The molecule has 3 heterocycles. The van der Waals surface area contributed by atoms with Crippen LogP contribution in [0.25, 0.3) is 0 Å². The number of rotatable bonds is 3. The van der Waals surface area contributed by atoms with Crippen LogP contribution in [-0.4, -0.2) is 62.1 Å². The summed E-state index contributed by atoms with van der Waals surface area (Å²) >= 11 is 1.56. The molecule has 4 nitrogen and oxygen atoms in total. The van der Waals surface area contributed by atoms with E-state index in [9.17, 15) is 4.79 Å². The minimum absolute atomic E-state index is 0.205. The second kappa shape index (κ2) is 6.07. The topological polar surface area (TPSA) is 32.8 Å². The highest BCUT2D eigenvalue weighted by Crippen LogP contribution is 2.35. The Morgan fingerprint density at radius 3 is 3.00 bits per heavy atom. The van der Waals surface area contributed by atoms with Crippen molar-refractivity contribution in [2.24, 2.45) is 11.8 Å². The van der Waals surface area contributed by atoms with Crippen molar-refractivity contribution in [3.05, 3.63) is 21.9 Å². The first kappa shape index (κ1) is 15.0. The van der Waals surface area contributed by atoms with Crippen molar-refractivity contribution in [2.75, 3.05) is 40.3 Å². The highest BCUT2D eigenvalue weighted by Gasteiger charge is 2.42. The Morgan fingerprint density at radius 1 is 1.52 bits per heavy atom. The fourth-order valence-electron chi connectivity index (χ4n) is 3.50. The van der Waals surface area contributed by atoms with Crippen LogP contribution >= 0.6 is 11.3 Å². The summed E-state index contributed by atoms with van der Waals surface area (Å²) in [6.07, 6.45) is 1.34. The van der Waals surface area contributed by atoms with E-state index in [2.05, 4.69) is 19.0 Å². The molecule has 3 rings (SSSR count). The molecular formula is C16H24N2O2S. The van der Waals surface area contributed by atoms with Crippen LogP contribution in [-0.2, 0) is 4.74 Å². The van der Waals surface area contributed by atoms with Gasteiger partial charge < -0.3 is 14.5 Å². The molecular weight excluding hydrogens is 284 g/mol. The van der Waals surface area contributed by atoms with Gasteiger partial charge in [-0.25, -0.2) is 0 Å². The van der Waals surface area contributed by atoms with Crippen LogP contribution < -0.4 is 0 Å². The van der Waals surface area contributed by atoms with E-state index in [1.165, 1.54) is 0 Å². The van der Waals surface area contributed by atoms with E-state index >= 15 is 0 Å². The number of hydrogen-bond donors (Lipinski definition) is 0. The van der Waals surface area contributed by atoms with Gasteiger partial charge in [-0.15, -0.1) is 11.3 Å². The molecule has 0 unspecified atom stereocenters. The van der Waals surface area contributed by atoms with Gasteiger partial charge in [0, 0.05) is 25.6 Å². The Morgan fingerprint density at radius 2 is 2.33 bits per heavy atom. The van der Waals surface area contributed by atoms with Crippen molar-refractivity contribution in [2.45, 2.75) is 19.4 Å². The number of ether oxygens (including phenoxy) is 1. The van der Waals surface area contributed by atoms with Crippen molar-refractivity contribution < 1.29 is 9.53 Å².